The number of allylic oxidation sites excluding steroid dienone is 2. The molecule has 0 spiro atoms. The molecule has 0 heterocycles. The molecule has 0 aromatic heterocycles. The second-order valence-electron chi connectivity index (χ2n) is 4.65. The summed E-state index contributed by atoms with van der Waals surface area (Å²) >= 11 is 0. The molecule has 18 heavy (non-hydrogen) atoms. The number of methoxy groups -OCH3 is 1. The van der Waals surface area contributed by atoms with E-state index in [4.69, 9.17) is 9.57 Å². The van der Waals surface area contributed by atoms with Crippen molar-refractivity contribution in [3.8, 4) is 0 Å². The average Bonchev–Trinajstić information content (AvgIpc) is 2.94. The van der Waals surface area contributed by atoms with Crippen LogP contribution in [-0.4, -0.2) is 37.3 Å². The average molecular weight is 255 g/mol. The van der Waals surface area contributed by atoms with E-state index in [0.717, 1.165) is 6.42 Å². The van der Waals surface area contributed by atoms with Gasteiger partial charge in [-0.05, 0) is 18.3 Å². The third kappa shape index (κ3) is 2.39. The van der Waals surface area contributed by atoms with Gasteiger partial charge in [0, 0.05) is 7.11 Å². The van der Waals surface area contributed by atoms with Crippen LogP contribution in [0.2, 0.25) is 0 Å². The van der Waals surface area contributed by atoms with Crippen LogP contribution in [-0.2, 0) is 19.2 Å². The molecule has 6 nitrogen and oxygen atoms in total. The van der Waals surface area contributed by atoms with Crippen molar-refractivity contribution in [3.05, 3.63) is 12.2 Å². The lowest BCUT2D eigenvalue weighted by molar-refractivity contribution is -0.152. The minimum atomic E-state index is -0.913. The van der Waals surface area contributed by atoms with Gasteiger partial charge in [0.2, 0.25) is 5.91 Å². The Hall–Kier alpha value is -1.40. The molecule has 100 valence electrons. The summed E-state index contributed by atoms with van der Waals surface area (Å²) in [6.45, 7) is 0.621. The second kappa shape index (κ2) is 5.49. The minimum absolute atomic E-state index is 0.0159. The molecule has 4 atom stereocenters. The Balaban J connectivity index is 1.92. The second-order valence-corrected chi connectivity index (χ2v) is 4.65. The maximum atomic E-state index is 11.9. The van der Waals surface area contributed by atoms with Gasteiger partial charge in [0.25, 0.3) is 0 Å². The molecule has 2 bridgehead atoms. The van der Waals surface area contributed by atoms with E-state index in [2.05, 4.69) is 5.48 Å². The van der Waals surface area contributed by atoms with Crippen LogP contribution in [0.4, 0.5) is 0 Å². The lowest BCUT2D eigenvalue weighted by Gasteiger charge is -2.23. The fourth-order valence-corrected chi connectivity index (χ4v) is 2.83. The van der Waals surface area contributed by atoms with Crippen molar-refractivity contribution < 1.29 is 24.3 Å². The number of hydrogen-bond acceptors (Lipinski definition) is 4. The molecule has 1 saturated carbocycles. The molecule has 0 aromatic carbocycles. The Kier molecular flexibility index (Phi) is 3.98. The summed E-state index contributed by atoms with van der Waals surface area (Å²) in [7, 11) is 1.53. The van der Waals surface area contributed by atoms with E-state index in [1.165, 1.54) is 7.11 Å². The van der Waals surface area contributed by atoms with Gasteiger partial charge in [-0.25, -0.2) is 5.48 Å². The quantitative estimate of drug-likeness (QED) is 0.402. The fraction of sp³-hybridized carbons (Fsp3) is 0.667. The van der Waals surface area contributed by atoms with E-state index in [9.17, 15) is 14.7 Å². The maximum absolute atomic E-state index is 11.9. The monoisotopic (exact) mass is 255 g/mol. The number of nitrogens with one attached hydrogen (secondary N) is 1. The van der Waals surface area contributed by atoms with Crippen molar-refractivity contribution in [3.63, 3.8) is 0 Å². The standard InChI is InChI=1S/C12H17NO5/c1-17-4-5-18-13-11(14)9-7-2-3-8(6-7)10(9)12(15)16/h2-3,7-10H,4-6H2,1H3,(H,13,14)(H,15,16)/t7?,8?,9-,10+/m0/s1. The van der Waals surface area contributed by atoms with Crippen LogP contribution < -0.4 is 5.48 Å². The molecule has 2 N–H and O–H groups in total. The van der Waals surface area contributed by atoms with Gasteiger partial charge >= 0.3 is 5.97 Å². The number of hydroxylamine groups is 1. The molecule has 0 aliphatic heterocycles. The molecule has 0 radical (unpaired) electrons. The third-order valence-corrected chi connectivity index (χ3v) is 3.61. The SMILES string of the molecule is COCCONC(=O)[C@H]1C2C=CC(C2)[C@H]1C(=O)O. The number of ether oxygens (including phenoxy) is 1. The number of aliphatic carboxylic acids is 1. The largest absolute Gasteiger partial charge is 0.481 e. The zero-order valence-corrected chi connectivity index (χ0v) is 10.2. The number of carboxylic acids is 1. The van der Waals surface area contributed by atoms with Gasteiger partial charge in [0.05, 0.1) is 25.0 Å². The first-order chi connectivity index (χ1) is 8.65. The van der Waals surface area contributed by atoms with E-state index >= 15 is 0 Å². The van der Waals surface area contributed by atoms with Crippen LogP contribution in [0.5, 0.6) is 0 Å². The third-order valence-electron chi connectivity index (χ3n) is 3.61. The summed E-state index contributed by atoms with van der Waals surface area (Å²) in [6.07, 6.45) is 4.58. The summed E-state index contributed by atoms with van der Waals surface area (Å²) in [5.74, 6) is -2.44. The lowest BCUT2D eigenvalue weighted by Crippen LogP contribution is -2.40. The summed E-state index contributed by atoms with van der Waals surface area (Å²) in [5, 5.41) is 9.19. The normalized spacial score (nSPS) is 32.7. The summed E-state index contributed by atoms with van der Waals surface area (Å²) in [5.41, 5.74) is 2.31. The first-order valence-electron chi connectivity index (χ1n) is 5.97. The summed E-state index contributed by atoms with van der Waals surface area (Å²) < 4.78 is 4.78. The first-order valence-corrected chi connectivity index (χ1v) is 5.97. The highest BCUT2D eigenvalue weighted by molar-refractivity contribution is 5.86. The molecular weight excluding hydrogens is 238 g/mol. The van der Waals surface area contributed by atoms with E-state index in [-0.39, 0.29) is 24.3 Å². The van der Waals surface area contributed by atoms with Crippen LogP contribution >= 0.6 is 0 Å². The molecule has 2 unspecified atom stereocenters. The Labute approximate surface area is 105 Å². The highest BCUT2D eigenvalue weighted by atomic mass is 16.7. The van der Waals surface area contributed by atoms with Crippen molar-refractivity contribution in [1.82, 2.24) is 5.48 Å². The van der Waals surface area contributed by atoms with Crippen LogP contribution in [0.1, 0.15) is 6.42 Å². The molecule has 1 amide bonds. The van der Waals surface area contributed by atoms with Crippen LogP contribution in [0.3, 0.4) is 0 Å². The van der Waals surface area contributed by atoms with E-state index < -0.39 is 17.8 Å². The first kappa shape index (κ1) is 13.0. The lowest BCUT2D eigenvalue weighted by atomic mass is 9.82. The Morgan fingerprint density at radius 2 is 1.94 bits per heavy atom. The van der Waals surface area contributed by atoms with Gasteiger partial charge in [-0.15, -0.1) is 0 Å². The number of fused-ring (bicyclic) bond motifs is 2. The van der Waals surface area contributed by atoms with Gasteiger partial charge in [0.1, 0.15) is 0 Å². The van der Waals surface area contributed by atoms with Crippen LogP contribution in [0, 0.1) is 23.7 Å². The van der Waals surface area contributed by atoms with Crippen molar-refractivity contribution >= 4 is 11.9 Å². The fourth-order valence-electron chi connectivity index (χ4n) is 2.83. The molecule has 2 rings (SSSR count). The number of carbonyl (C=O) groups is 2. The van der Waals surface area contributed by atoms with E-state index in [1.807, 2.05) is 12.2 Å². The molecule has 6 heteroatoms. The zero-order chi connectivity index (χ0) is 13.1. The molecule has 0 aromatic rings. The summed E-state index contributed by atoms with van der Waals surface area (Å²) in [6, 6.07) is 0. The molecule has 2 aliphatic rings. The molecule has 2 aliphatic carbocycles. The van der Waals surface area contributed by atoms with E-state index in [1.54, 1.807) is 0 Å². The van der Waals surface area contributed by atoms with Gasteiger partial charge in [-0.1, -0.05) is 12.2 Å². The van der Waals surface area contributed by atoms with E-state index in [0.29, 0.717) is 6.61 Å². The predicted octanol–water partition coefficient (Wildman–Crippen LogP) is 0.203. The Bertz CT molecular complexity index is 367. The van der Waals surface area contributed by atoms with Gasteiger partial charge in [-0.3, -0.25) is 14.4 Å². The number of carboxylic acid groups (broad SMARTS) is 1. The smallest absolute Gasteiger partial charge is 0.307 e. The topological polar surface area (TPSA) is 84.9 Å². The summed E-state index contributed by atoms with van der Waals surface area (Å²) in [4.78, 5) is 28.1. The van der Waals surface area contributed by atoms with Gasteiger partial charge in [-0.2, -0.15) is 0 Å². The Morgan fingerprint density at radius 3 is 2.56 bits per heavy atom. The van der Waals surface area contributed by atoms with Crippen LogP contribution in [0.25, 0.3) is 0 Å². The van der Waals surface area contributed by atoms with Crippen molar-refractivity contribution in [2.24, 2.45) is 23.7 Å². The number of rotatable bonds is 6. The minimum Gasteiger partial charge on any atom is -0.481 e. The van der Waals surface area contributed by atoms with Crippen LogP contribution in [0.15, 0.2) is 12.2 Å². The number of amides is 1. The van der Waals surface area contributed by atoms with Crippen molar-refractivity contribution in [2.45, 2.75) is 6.42 Å². The molecule has 1 fully saturated rings. The zero-order valence-electron chi connectivity index (χ0n) is 10.2. The van der Waals surface area contributed by atoms with Gasteiger partial charge < -0.3 is 9.84 Å². The number of hydrogen-bond donors (Lipinski definition) is 2. The predicted molar refractivity (Wildman–Crippen MR) is 61.3 cm³/mol. The molecule has 0 saturated heterocycles. The van der Waals surface area contributed by atoms with Crippen molar-refractivity contribution in [1.29, 1.82) is 0 Å². The van der Waals surface area contributed by atoms with Crippen molar-refractivity contribution in [2.75, 3.05) is 20.3 Å². The maximum Gasteiger partial charge on any atom is 0.307 e. The Morgan fingerprint density at radius 1 is 1.28 bits per heavy atom. The number of carbonyl (C=O) groups excluding carboxylic acids is 1. The van der Waals surface area contributed by atoms with Gasteiger partial charge in [0.15, 0.2) is 0 Å². The highest BCUT2D eigenvalue weighted by Gasteiger charge is 2.51. The molecular formula is C12H17NO5. The highest BCUT2D eigenvalue weighted by Crippen LogP contribution is 2.48.